The number of anilines is 3. The Morgan fingerprint density at radius 3 is 2.46 bits per heavy atom. The van der Waals surface area contributed by atoms with Gasteiger partial charge in [0.05, 0.1) is 5.69 Å². The molecule has 0 fully saturated rings. The van der Waals surface area contributed by atoms with Crippen LogP contribution in [0.15, 0.2) is 48.5 Å². The molecule has 0 atom stereocenters. The van der Waals surface area contributed by atoms with Gasteiger partial charge in [0, 0.05) is 11.8 Å². The summed E-state index contributed by atoms with van der Waals surface area (Å²) in [6.45, 7) is 5.74. The van der Waals surface area contributed by atoms with Crippen molar-refractivity contribution in [1.29, 1.82) is 0 Å². The summed E-state index contributed by atoms with van der Waals surface area (Å²) >= 11 is 0. The highest BCUT2D eigenvalue weighted by Gasteiger charge is 2.13. The van der Waals surface area contributed by atoms with Gasteiger partial charge in [-0.1, -0.05) is 24.3 Å². The summed E-state index contributed by atoms with van der Waals surface area (Å²) in [7, 11) is 0. The van der Waals surface area contributed by atoms with Crippen molar-refractivity contribution in [2.75, 3.05) is 10.6 Å². The zero-order chi connectivity index (χ0) is 18.7. The first kappa shape index (κ1) is 17.5. The maximum Gasteiger partial charge on any atom is 0.274 e. The Kier molecular flexibility index (Phi) is 4.93. The zero-order valence-electron chi connectivity index (χ0n) is 14.8. The summed E-state index contributed by atoms with van der Waals surface area (Å²) < 4.78 is 13.7. The second kappa shape index (κ2) is 7.31. The summed E-state index contributed by atoms with van der Waals surface area (Å²) in [4.78, 5) is 20.9. The molecule has 2 aromatic carbocycles. The molecule has 0 saturated carbocycles. The molecule has 0 unspecified atom stereocenters. The zero-order valence-corrected chi connectivity index (χ0v) is 14.8. The van der Waals surface area contributed by atoms with Crippen LogP contribution in [0.5, 0.6) is 0 Å². The molecule has 1 aromatic heterocycles. The van der Waals surface area contributed by atoms with E-state index in [9.17, 15) is 9.18 Å². The van der Waals surface area contributed by atoms with Crippen LogP contribution in [0, 0.1) is 26.6 Å². The fourth-order valence-corrected chi connectivity index (χ4v) is 2.52. The first-order valence-electron chi connectivity index (χ1n) is 8.19. The van der Waals surface area contributed by atoms with Gasteiger partial charge in [0.2, 0.25) is 0 Å². The average Bonchev–Trinajstić information content (AvgIpc) is 2.60. The largest absolute Gasteiger partial charge is 0.340 e. The maximum atomic E-state index is 13.7. The van der Waals surface area contributed by atoms with Crippen LogP contribution in [0.25, 0.3) is 0 Å². The van der Waals surface area contributed by atoms with Crippen LogP contribution in [0.3, 0.4) is 0 Å². The first-order chi connectivity index (χ1) is 12.4. The highest BCUT2D eigenvalue weighted by atomic mass is 19.1. The summed E-state index contributed by atoms with van der Waals surface area (Å²) in [6, 6.07) is 13.5. The van der Waals surface area contributed by atoms with Crippen LogP contribution in [-0.4, -0.2) is 15.9 Å². The van der Waals surface area contributed by atoms with E-state index in [0.29, 0.717) is 11.6 Å². The van der Waals surface area contributed by atoms with E-state index in [4.69, 9.17) is 0 Å². The van der Waals surface area contributed by atoms with Crippen LogP contribution in [0.2, 0.25) is 0 Å². The van der Waals surface area contributed by atoms with E-state index >= 15 is 0 Å². The lowest BCUT2D eigenvalue weighted by atomic mass is 10.1. The Morgan fingerprint density at radius 1 is 0.962 bits per heavy atom. The van der Waals surface area contributed by atoms with Crippen LogP contribution < -0.4 is 10.6 Å². The molecule has 0 aliphatic carbocycles. The number of para-hydroxylation sites is 1. The number of benzene rings is 2. The van der Waals surface area contributed by atoms with Gasteiger partial charge >= 0.3 is 0 Å². The summed E-state index contributed by atoms with van der Waals surface area (Å²) in [5.41, 5.74) is 3.43. The standard InChI is InChI=1S/C20H19FN4O/c1-12-7-6-10-16(13(12)2)24-19-11-18(22-14(3)23-19)20(26)25-17-9-5-4-8-15(17)21/h4-11H,1-3H3,(H,25,26)(H,22,23,24). The van der Waals surface area contributed by atoms with E-state index in [1.165, 1.54) is 12.1 Å². The van der Waals surface area contributed by atoms with Crippen molar-refractivity contribution in [3.63, 3.8) is 0 Å². The predicted octanol–water partition coefficient (Wildman–Crippen LogP) is 4.54. The van der Waals surface area contributed by atoms with Crippen LogP contribution >= 0.6 is 0 Å². The number of hydrogen-bond donors (Lipinski definition) is 2. The Hall–Kier alpha value is -3.28. The number of rotatable bonds is 4. The van der Waals surface area contributed by atoms with Crippen molar-refractivity contribution < 1.29 is 9.18 Å². The number of carbonyl (C=O) groups is 1. The maximum absolute atomic E-state index is 13.7. The fraction of sp³-hybridized carbons (Fsp3) is 0.150. The van der Waals surface area contributed by atoms with Crippen molar-refractivity contribution in [2.45, 2.75) is 20.8 Å². The molecule has 0 saturated heterocycles. The van der Waals surface area contributed by atoms with Crippen molar-refractivity contribution in [1.82, 2.24) is 9.97 Å². The monoisotopic (exact) mass is 350 g/mol. The third-order valence-corrected chi connectivity index (χ3v) is 4.06. The number of aromatic nitrogens is 2. The third-order valence-electron chi connectivity index (χ3n) is 4.06. The molecule has 3 aromatic rings. The van der Waals surface area contributed by atoms with E-state index in [1.54, 1.807) is 25.1 Å². The fourth-order valence-electron chi connectivity index (χ4n) is 2.52. The van der Waals surface area contributed by atoms with Gasteiger partial charge in [-0.2, -0.15) is 0 Å². The molecule has 1 heterocycles. The highest BCUT2D eigenvalue weighted by Crippen LogP contribution is 2.22. The summed E-state index contributed by atoms with van der Waals surface area (Å²) in [5.74, 6) is -0.0474. The number of nitrogens with one attached hydrogen (secondary N) is 2. The summed E-state index contributed by atoms with van der Waals surface area (Å²) in [6.07, 6.45) is 0. The van der Waals surface area contributed by atoms with Gasteiger partial charge in [0.1, 0.15) is 23.2 Å². The highest BCUT2D eigenvalue weighted by molar-refractivity contribution is 6.03. The van der Waals surface area contributed by atoms with Crippen molar-refractivity contribution in [2.24, 2.45) is 0 Å². The normalized spacial score (nSPS) is 10.5. The van der Waals surface area contributed by atoms with E-state index < -0.39 is 11.7 Å². The number of amides is 1. The lowest BCUT2D eigenvalue weighted by Crippen LogP contribution is -2.16. The van der Waals surface area contributed by atoms with Crippen LogP contribution in [0.4, 0.5) is 21.6 Å². The molecule has 5 nitrogen and oxygen atoms in total. The van der Waals surface area contributed by atoms with Crippen molar-refractivity contribution in [3.05, 3.63) is 77.0 Å². The minimum Gasteiger partial charge on any atom is -0.340 e. The van der Waals surface area contributed by atoms with Crippen molar-refractivity contribution >= 4 is 23.1 Å². The molecule has 0 spiro atoms. The number of carbonyl (C=O) groups excluding carboxylic acids is 1. The number of halogens is 1. The molecular weight excluding hydrogens is 331 g/mol. The van der Waals surface area contributed by atoms with Gasteiger partial charge in [-0.15, -0.1) is 0 Å². The molecule has 132 valence electrons. The van der Waals surface area contributed by atoms with Gasteiger partial charge < -0.3 is 10.6 Å². The quantitative estimate of drug-likeness (QED) is 0.725. The molecule has 3 rings (SSSR count). The average molecular weight is 350 g/mol. The van der Waals surface area contributed by atoms with E-state index in [1.807, 2.05) is 32.0 Å². The van der Waals surface area contributed by atoms with E-state index in [-0.39, 0.29) is 11.4 Å². The summed E-state index contributed by atoms with van der Waals surface area (Å²) in [5, 5.41) is 5.75. The van der Waals surface area contributed by atoms with Crippen LogP contribution in [0.1, 0.15) is 27.4 Å². The van der Waals surface area contributed by atoms with Gasteiger partial charge in [0.25, 0.3) is 5.91 Å². The number of hydrogen-bond acceptors (Lipinski definition) is 4. The Bertz CT molecular complexity index is 972. The lowest BCUT2D eigenvalue weighted by Gasteiger charge is -2.12. The smallest absolute Gasteiger partial charge is 0.274 e. The van der Waals surface area contributed by atoms with Gasteiger partial charge in [-0.05, 0) is 50.1 Å². The topological polar surface area (TPSA) is 66.9 Å². The Labute approximate surface area is 151 Å². The third kappa shape index (κ3) is 3.85. The second-order valence-electron chi connectivity index (χ2n) is 5.99. The molecule has 2 N–H and O–H groups in total. The Balaban J connectivity index is 1.86. The lowest BCUT2D eigenvalue weighted by molar-refractivity contribution is 0.102. The molecule has 1 amide bonds. The number of nitrogens with zero attached hydrogens (tertiary/aromatic N) is 2. The first-order valence-corrected chi connectivity index (χ1v) is 8.19. The molecule has 26 heavy (non-hydrogen) atoms. The predicted molar refractivity (Wildman–Crippen MR) is 100 cm³/mol. The molecular formula is C20H19FN4O. The molecule has 0 aliphatic rings. The Morgan fingerprint density at radius 2 is 1.69 bits per heavy atom. The number of aryl methyl sites for hydroxylation is 2. The van der Waals surface area contributed by atoms with Gasteiger partial charge in [-0.25, -0.2) is 14.4 Å². The van der Waals surface area contributed by atoms with Crippen LogP contribution in [-0.2, 0) is 0 Å². The molecule has 0 radical (unpaired) electrons. The SMILES string of the molecule is Cc1nc(Nc2cccc(C)c2C)cc(C(=O)Nc2ccccc2F)n1. The van der Waals surface area contributed by atoms with E-state index in [0.717, 1.165) is 16.8 Å². The van der Waals surface area contributed by atoms with Crippen molar-refractivity contribution in [3.8, 4) is 0 Å². The van der Waals surface area contributed by atoms with E-state index in [2.05, 4.69) is 20.6 Å². The molecule has 0 aliphatic heterocycles. The minimum atomic E-state index is -0.500. The molecule has 6 heteroatoms. The second-order valence-corrected chi connectivity index (χ2v) is 5.99. The minimum absolute atomic E-state index is 0.109. The van der Waals surface area contributed by atoms with Gasteiger partial charge in [-0.3, -0.25) is 4.79 Å². The van der Waals surface area contributed by atoms with Gasteiger partial charge in [0.15, 0.2) is 0 Å². The molecule has 0 bridgehead atoms.